The Morgan fingerprint density at radius 3 is 2.69 bits per heavy atom. The fourth-order valence-electron chi connectivity index (χ4n) is 2.66. The van der Waals surface area contributed by atoms with Crippen molar-refractivity contribution in [2.45, 2.75) is 39.2 Å². The molecule has 3 aromatic rings. The molecular formula is C19H22N4OS2. The Morgan fingerprint density at radius 1 is 1.19 bits per heavy atom. The maximum absolute atomic E-state index is 12.4. The van der Waals surface area contributed by atoms with E-state index in [4.69, 9.17) is 0 Å². The van der Waals surface area contributed by atoms with Crippen LogP contribution >= 0.6 is 22.7 Å². The molecule has 1 N–H and O–H groups in total. The maximum Gasteiger partial charge on any atom is 0.220 e. The summed E-state index contributed by atoms with van der Waals surface area (Å²) in [5.74, 6) is 0.537. The number of hydrogen-bond acceptors (Lipinski definition) is 6. The van der Waals surface area contributed by atoms with Gasteiger partial charge in [0.15, 0.2) is 0 Å². The highest BCUT2D eigenvalue weighted by molar-refractivity contribution is 7.13. The molecule has 3 aromatic heterocycles. The standard InChI is InChI=1S/C19H22N4OS2/c1-13(2)11-16(19-21-9-10-25-19)23-17(24)4-3-15-12-26-18(22-15)14-5-7-20-8-6-14/h5-10,12-13,16H,3-4,11H2,1-2H3,(H,23,24). The number of nitrogens with zero attached hydrogens (tertiary/aromatic N) is 3. The van der Waals surface area contributed by atoms with Gasteiger partial charge in [-0.1, -0.05) is 13.8 Å². The Labute approximate surface area is 161 Å². The molecule has 26 heavy (non-hydrogen) atoms. The summed E-state index contributed by atoms with van der Waals surface area (Å²) in [6.07, 6.45) is 7.27. The lowest BCUT2D eigenvalue weighted by Gasteiger charge is -2.18. The molecule has 0 aliphatic carbocycles. The highest BCUT2D eigenvalue weighted by Gasteiger charge is 2.18. The molecular weight excluding hydrogens is 364 g/mol. The molecule has 0 fully saturated rings. The molecule has 0 saturated carbocycles. The number of aryl methyl sites for hydroxylation is 1. The van der Waals surface area contributed by atoms with Gasteiger partial charge >= 0.3 is 0 Å². The zero-order chi connectivity index (χ0) is 18.4. The van der Waals surface area contributed by atoms with Crippen molar-refractivity contribution in [2.24, 2.45) is 5.92 Å². The zero-order valence-corrected chi connectivity index (χ0v) is 16.5. The molecule has 0 aromatic carbocycles. The van der Waals surface area contributed by atoms with Crippen molar-refractivity contribution in [2.75, 3.05) is 0 Å². The summed E-state index contributed by atoms with van der Waals surface area (Å²) in [6, 6.07) is 3.88. The van der Waals surface area contributed by atoms with Crippen molar-refractivity contribution in [3.63, 3.8) is 0 Å². The van der Waals surface area contributed by atoms with Crippen molar-refractivity contribution in [1.82, 2.24) is 20.3 Å². The van der Waals surface area contributed by atoms with Crippen molar-refractivity contribution in [3.05, 3.63) is 52.2 Å². The quantitative estimate of drug-likeness (QED) is 0.619. The van der Waals surface area contributed by atoms with Gasteiger partial charge in [-0.05, 0) is 30.9 Å². The van der Waals surface area contributed by atoms with Crippen LogP contribution < -0.4 is 5.32 Å². The number of pyridine rings is 1. The van der Waals surface area contributed by atoms with E-state index in [1.807, 2.05) is 22.9 Å². The second kappa shape index (κ2) is 9.00. The first kappa shape index (κ1) is 18.7. The van der Waals surface area contributed by atoms with Crippen molar-refractivity contribution >= 4 is 28.6 Å². The third-order valence-electron chi connectivity index (χ3n) is 3.88. The summed E-state index contributed by atoms with van der Waals surface area (Å²) in [7, 11) is 0. The van der Waals surface area contributed by atoms with E-state index in [1.54, 1.807) is 41.3 Å². The first-order chi connectivity index (χ1) is 12.6. The molecule has 1 unspecified atom stereocenters. The second-order valence-electron chi connectivity index (χ2n) is 6.50. The van der Waals surface area contributed by atoms with Crippen LogP contribution in [0.5, 0.6) is 0 Å². The fraction of sp³-hybridized carbons (Fsp3) is 0.368. The van der Waals surface area contributed by atoms with Crippen molar-refractivity contribution < 1.29 is 4.79 Å². The van der Waals surface area contributed by atoms with Gasteiger partial charge in [-0.15, -0.1) is 22.7 Å². The molecule has 0 spiro atoms. The van der Waals surface area contributed by atoms with Crippen LogP contribution in [-0.2, 0) is 11.2 Å². The van der Waals surface area contributed by atoms with Crippen molar-refractivity contribution in [1.29, 1.82) is 0 Å². The maximum atomic E-state index is 12.4. The lowest BCUT2D eigenvalue weighted by atomic mass is 10.0. The van der Waals surface area contributed by atoms with Gasteiger partial charge in [0, 0.05) is 41.3 Å². The highest BCUT2D eigenvalue weighted by atomic mass is 32.1. The Balaban J connectivity index is 1.56. The van der Waals surface area contributed by atoms with E-state index in [0.29, 0.717) is 18.8 Å². The Kier molecular flexibility index (Phi) is 6.46. The van der Waals surface area contributed by atoms with Gasteiger partial charge in [0.05, 0.1) is 11.7 Å². The molecule has 5 nitrogen and oxygen atoms in total. The molecule has 1 atom stereocenters. The van der Waals surface area contributed by atoms with E-state index >= 15 is 0 Å². The third kappa shape index (κ3) is 5.19. The fourth-order valence-corrected chi connectivity index (χ4v) is 4.22. The first-order valence-corrected chi connectivity index (χ1v) is 10.4. The summed E-state index contributed by atoms with van der Waals surface area (Å²) >= 11 is 3.18. The Hall–Kier alpha value is -2.12. The van der Waals surface area contributed by atoms with Gasteiger partial charge in [-0.3, -0.25) is 9.78 Å². The third-order valence-corrected chi connectivity index (χ3v) is 5.71. The molecule has 3 rings (SSSR count). The number of nitrogens with one attached hydrogen (secondary N) is 1. The van der Waals surface area contributed by atoms with Gasteiger partial charge in [-0.25, -0.2) is 9.97 Å². The number of carbonyl (C=O) groups excluding carboxylic acids is 1. The van der Waals surface area contributed by atoms with E-state index < -0.39 is 0 Å². The summed E-state index contributed by atoms with van der Waals surface area (Å²) in [6.45, 7) is 4.31. The number of carbonyl (C=O) groups is 1. The average molecular weight is 387 g/mol. The minimum absolute atomic E-state index is 0.00897. The second-order valence-corrected chi connectivity index (χ2v) is 8.28. The smallest absolute Gasteiger partial charge is 0.220 e. The largest absolute Gasteiger partial charge is 0.347 e. The first-order valence-electron chi connectivity index (χ1n) is 8.65. The normalized spacial score (nSPS) is 12.3. The lowest BCUT2D eigenvalue weighted by molar-refractivity contribution is -0.121. The molecule has 0 saturated heterocycles. The predicted octanol–water partition coefficient (Wildman–Crippen LogP) is 4.50. The molecule has 7 heteroatoms. The SMILES string of the molecule is CC(C)CC(NC(=O)CCc1csc(-c2ccncc2)n1)c1nccs1. The van der Waals surface area contributed by atoms with Gasteiger partial charge < -0.3 is 5.32 Å². The number of amides is 1. The van der Waals surface area contributed by atoms with E-state index in [-0.39, 0.29) is 11.9 Å². The minimum atomic E-state index is -0.00897. The van der Waals surface area contributed by atoms with Gasteiger partial charge in [0.1, 0.15) is 10.0 Å². The topological polar surface area (TPSA) is 67.8 Å². The summed E-state index contributed by atoms with van der Waals surface area (Å²) in [4.78, 5) is 25.4. The average Bonchev–Trinajstić information content (AvgIpc) is 3.32. The Morgan fingerprint density at radius 2 is 2.00 bits per heavy atom. The highest BCUT2D eigenvalue weighted by Crippen LogP contribution is 2.25. The van der Waals surface area contributed by atoms with Crippen LogP contribution in [0.25, 0.3) is 10.6 Å². The van der Waals surface area contributed by atoms with Gasteiger partial charge in [0.25, 0.3) is 0 Å². The minimum Gasteiger partial charge on any atom is -0.347 e. The number of thiazole rings is 2. The molecule has 136 valence electrons. The molecule has 0 bridgehead atoms. The van der Waals surface area contributed by atoms with Crippen LogP contribution in [0.3, 0.4) is 0 Å². The Bertz CT molecular complexity index is 815. The van der Waals surface area contributed by atoms with Crippen LogP contribution in [0.2, 0.25) is 0 Å². The van der Waals surface area contributed by atoms with E-state index in [9.17, 15) is 4.79 Å². The zero-order valence-electron chi connectivity index (χ0n) is 14.9. The van der Waals surface area contributed by atoms with Crippen LogP contribution in [-0.4, -0.2) is 20.9 Å². The van der Waals surface area contributed by atoms with Crippen LogP contribution in [0.1, 0.15) is 43.4 Å². The number of hydrogen-bond donors (Lipinski definition) is 1. The summed E-state index contributed by atoms with van der Waals surface area (Å²) in [5.41, 5.74) is 2.01. The molecule has 0 aliphatic heterocycles. The molecule has 0 aliphatic rings. The monoisotopic (exact) mass is 386 g/mol. The van der Waals surface area contributed by atoms with Crippen LogP contribution in [0.4, 0.5) is 0 Å². The van der Waals surface area contributed by atoms with E-state index in [1.165, 1.54) is 0 Å². The van der Waals surface area contributed by atoms with Gasteiger partial charge in [-0.2, -0.15) is 0 Å². The van der Waals surface area contributed by atoms with Crippen LogP contribution in [0.15, 0.2) is 41.5 Å². The lowest BCUT2D eigenvalue weighted by Crippen LogP contribution is -2.29. The predicted molar refractivity (Wildman–Crippen MR) is 106 cm³/mol. The van der Waals surface area contributed by atoms with Crippen molar-refractivity contribution in [3.8, 4) is 10.6 Å². The van der Waals surface area contributed by atoms with Crippen LogP contribution in [0, 0.1) is 5.92 Å². The summed E-state index contributed by atoms with van der Waals surface area (Å²) < 4.78 is 0. The number of aromatic nitrogens is 3. The van der Waals surface area contributed by atoms with Gasteiger partial charge in [0.2, 0.25) is 5.91 Å². The van der Waals surface area contributed by atoms with E-state index in [0.717, 1.165) is 27.7 Å². The molecule has 0 radical (unpaired) electrons. The number of rotatable bonds is 8. The molecule has 1 amide bonds. The summed E-state index contributed by atoms with van der Waals surface area (Å²) in [5, 5.41) is 9.04. The molecule has 3 heterocycles. The van der Waals surface area contributed by atoms with E-state index in [2.05, 4.69) is 34.1 Å².